The maximum absolute atomic E-state index is 11.3. The zero-order chi connectivity index (χ0) is 11.5. The predicted molar refractivity (Wildman–Crippen MR) is 61.1 cm³/mol. The van der Waals surface area contributed by atoms with E-state index in [2.05, 4.69) is 15.0 Å². The molecule has 0 unspecified atom stereocenters. The van der Waals surface area contributed by atoms with Gasteiger partial charge >= 0.3 is 5.97 Å². The Kier molecular flexibility index (Phi) is 8.79. The first-order chi connectivity index (χ1) is 7.26. The Labute approximate surface area is 92.9 Å². The van der Waals surface area contributed by atoms with Crippen LogP contribution in [-0.2, 0) is 14.4 Å². The maximum Gasteiger partial charge on any atom is 0.358 e. The van der Waals surface area contributed by atoms with Crippen LogP contribution in [0.3, 0.4) is 0 Å². The minimum atomic E-state index is -0.519. The minimum Gasteiger partial charge on any atom is -0.461 e. The van der Waals surface area contributed by atoms with Crippen molar-refractivity contribution in [2.24, 2.45) is 15.9 Å². The van der Waals surface area contributed by atoms with E-state index in [9.17, 15) is 4.79 Å². The molecule has 0 atom stereocenters. The highest BCUT2D eigenvalue weighted by Crippen LogP contribution is 1.92. The Morgan fingerprint density at radius 1 is 1.60 bits per heavy atom. The molecule has 0 bridgehead atoms. The van der Waals surface area contributed by atoms with E-state index >= 15 is 0 Å². The third-order valence-corrected chi connectivity index (χ3v) is 1.69. The number of carbonyl (C=O) groups is 1. The Bertz CT molecular complexity index is 243. The van der Waals surface area contributed by atoms with Crippen LogP contribution in [0.4, 0.5) is 0 Å². The van der Waals surface area contributed by atoms with Crippen molar-refractivity contribution in [2.75, 3.05) is 26.1 Å². The highest BCUT2D eigenvalue weighted by atomic mass is 32.2. The number of carbonyl (C=O) groups excluding carboxylic acids is 1. The first-order valence-corrected chi connectivity index (χ1v) is 5.38. The van der Waals surface area contributed by atoms with Crippen LogP contribution in [-0.4, -0.2) is 43.4 Å². The Morgan fingerprint density at radius 2 is 2.33 bits per heavy atom. The van der Waals surface area contributed by atoms with Gasteiger partial charge in [0.15, 0.2) is 5.71 Å². The lowest BCUT2D eigenvalue weighted by molar-refractivity contribution is -0.135. The van der Waals surface area contributed by atoms with Crippen LogP contribution in [0.25, 0.3) is 0 Å². The molecule has 0 aliphatic carbocycles. The van der Waals surface area contributed by atoms with Gasteiger partial charge in [-0.2, -0.15) is 0 Å². The fraction of sp³-hybridized carbons (Fsp3) is 0.625. The van der Waals surface area contributed by atoms with E-state index in [4.69, 9.17) is 10.5 Å². The molecular weight excluding hydrogens is 218 g/mol. The van der Waals surface area contributed by atoms with Gasteiger partial charge in [-0.1, -0.05) is 16.9 Å². The molecule has 0 amide bonds. The minimum absolute atomic E-state index is 0.125. The average Bonchev–Trinajstić information content (AvgIpc) is 2.23. The number of nitrogens with zero attached hydrogens (tertiary/aromatic N) is 2. The van der Waals surface area contributed by atoms with Gasteiger partial charge < -0.3 is 15.3 Å². The lowest BCUT2D eigenvalue weighted by Gasteiger charge is -2.01. The standard InChI is InChI=1S/C8H15N3O3S/c1-3-14-8(12)7(11-13-2)4-10-6-15-5-9/h6H,3-5,9H2,1-2H3. The fourth-order valence-electron chi connectivity index (χ4n) is 0.675. The molecule has 0 saturated carbocycles. The number of esters is 1. The average molecular weight is 233 g/mol. The van der Waals surface area contributed by atoms with Crippen LogP contribution in [0.2, 0.25) is 0 Å². The molecule has 15 heavy (non-hydrogen) atoms. The molecule has 0 radical (unpaired) electrons. The molecule has 0 aromatic heterocycles. The van der Waals surface area contributed by atoms with E-state index in [1.807, 2.05) is 0 Å². The molecule has 2 N–H and O–H groups in total. The molecule has 0 saturated heterocycles. The summed E-state index contributed by atoms with van der Waals surface area (Å²) < 4.78 is 4.76. The Hall–Kier alpha value is -1.08. The van der Waals surface area contributed by atoms with Gasteiger partial charge in [-0.05, 0) is 6.92 Å². The summed E-state index contributed by atoms with van der Waals surface area (Å²) in [5.74, 6) is -0.0751. The Balaban J connectivity index is 4.16. The number of aliphatic imine (C=N–C) groups is 1. The van der Waals surface area contributed by atoms with Crippen LogP contribution in [0.5, 0.6) is 0 Å². The molecule has 0 aliphatic heterocycles. The highest BCUT2D eigenvalue weighted by molar-refractivity contribution is 8.12. The van der Waals surface area contributed by atoms with Crippen molar-refractivity contribution < 1.29 is 14.4 Å². The van der Waals surface area contributed by atoms with Crippen molar-refractivity contribution >= 4 is 29.0 Å². The zero-order valence-corrected chi connectivity index (χ0v) is 9.62. The molecule has 0 spiro atoms. The van der Waals surface area contributed by atoms with Gasteiger partial charge in [-0.15, -0.1) is 0 Å². The molecule has 0 aromatic rings. The predicted octanol–water partition coefficient (Wildman–Crippen LogP) is 0.230. The van der Waals surface area contributed by atoms with Gasteiger partial charge in [-0.3, -0.25) is 4.99 Å². The maximum atomic E-state index is 11.3. The summed E-state index contributed by atoms with van der Waals surface area (Å²) in [5, 5.41) is 3.53. The van der Waals surface area contributed by atoms with Crippen LogP contribution in [0, 0.1) is 0 Å². The van der Waals surface area contributed by atoms with Crippen molar-refractivity contribution in [3.05, 3.63) is 0 Å². The number of thioether (sulfide) groups is 1. The SMILES string of the molecule is CCOC(=O)C(CN=CSCN)=NOC. The van der Waals surface area contributed by atoms with Gasteiger partial charge in [-0.25, -0.2) is 4.79 Å². The summed E-state index contributed by atoms with van der Waals surface area (Å²) in [6, 6.07) is 0. The number of hydrogen-bond acceptors (Lipinski definition) is 7. The van der Waals surface area contributed by atoms with E-state index < -0.39 is 5.97 Å². The second-order valence-corrected chi connectivity index (χ2v) is 3.10. The smallest absolute Gasteiger partial charge is 0.358 e. The van der Waals surface area contributed by atoms with Gasteiger partial charge in [0.25, 0.3) is 0 Å². The van der Waals surface area contributed by atoms with Gasteiger partial charge in [0.2, 0.25) is 0 Å². The molecule has 0 aromatic carbocycles. The van der Waals surface area contributed by atoms with E-state index in [0.717, 1.165) is 0 Å². The van der Waals surface area contributed by atoms with Crippen LogP contribution in [0.15, 0.2) is 10.1 Å². The lowest BCUT2D eigenvalue weighted by Crippen LogP contribution is -2.20. The first kappa shape index (κ1) is 13.9. The number of rotatable bonds is 7. The number of hydrogen-bond donors (Lipinski definition) is 1. The molecule has 0 fully saturated rings. The Morgan fingerprint density at radius 3 is 2.87 bits per heavy atom. The molecule has 0 heterocycles. The van der Waals surface area contributed by atoms with Crippen LogP contribution < -0.4 is 5.73 Å². The van der Waals surface area contributed by atoms with E-state index in [1.54, 1.807) is 12.5 Å². The van der Waals surface area contributed by atoms with E-state index in [1.165, 1.54) is 18.9 Å². The molecule has 0 aliphatic rings. The summed E-state index contributed by atoms with van der Waals surface area (Å²) in [6.07, 6.45) is 0. The number of oxime groups is 1. The second-order valence-electron chi connectivity index (χ2n) is 2.22. The normalized spacial score (nSPS) is 11.8. The molecule has 6 nitrogen and oxygen atoms in total. The molecule has 7 heteroatoms. The zero-order valence-electron chi connectivity index (χ0n) is 8.80. The lowest BCUT2D eigenvalue weighted by atomic mass is 10.4. The van der Waals surface area contributed by atoms with Crippen molar-refractivity contribution in [3.63, 3.8) is 0 Å². The van der Waals surface area contributed by atoms with Gasteiger partial charge in [0.1, 0.15) is 7.11 Å². The van der Waals surface area contributed by atoms with Crippen LogP contribution >= 0.6 is 11.8 Å². The summed E-state index contributed by atoms with van der Waals surface area (Å²) in [7, 11) is 1.36. The third kappa shape index (κ3) is 6.92. The summed E-state index contributed by atoms with van der Waals surface area (Å²) in [5.41, 5.74) is 6.93. The van der Waals surface area contributed by atoms with Gasteiger partial charge in [0.05, 0.1) is 18.7 Å². The number of ether oxygens (including phenoxy) is 1. The largest absolute Gasteiger partial charge is 0.461 e. The fourth-order valence-corrected chi connectivity index (χ4v) is 0.941. The summed E-state index contributed by atoms with van der Waals surface area (Å²) in [6.45, 7) is 2.14. The van der Waals surface area contributed by atoms with Crippen molar-refractivity contribution in [1.29, 1.82) is 0 Å². The topological polar surface area (TPSA) is 86.3 Å². The third-order valence-electron chi connectivity index (χ3n) is 1.20. The van der Waals surface area contributed by atoms with E-state index in [0.29, 0.717) is 12.5 Å². The van der Waals surface area contributed by atoms with Gasteiger partial charge in [0, 0.05) is 5.88 Å². The second kappa shape index (κ2) is 9.47. The molecule has 86 valence electrons. The van der Waals surface area contributed by atoms with E-state index in [-0.39, 0.29) is 12.3 Å². The van der Waals surface area contributed by atoms with Crippen molar-refractivity contribution in [3.8, 4) is 0 Å². The first-order valence-electron chi connectivity index (χ1n) is 4.33. The van der Waals surface area contributed by atoms with Crippen molar-refractivity contribution in [2.45, 2.75) is 6.92 Å². The summed E-state index contributed by atoms with van der Waals surface area (Å²) in [4.78, 5) is 19.7. The number of nitrogens with two attached hydrogens (primary N) is 1. The molecular formula is C8H15N3O3S. The molecule has 0 rings (SSSR count). The highest BCUT2D eigenvalue weighted by Gasteiger charge is 2.12. The monoisotopic (exact) mass is 233 g/mol. The van der Waals surface area contributed by atoms with Crippen LogP contribution in [0.1, 0.15) is 6.92 Å². The van der Waals surface area contributed by atoms with Crippen molar-refractivity contribution in [1.82, 2.24) is 0 Å². The summed E-state index contributed by atoms with van der Waals surface area (Å²) >= 11 is 1.33. The quantitative estimate of drug-likeness (QED) is 0.224.